The highest BCUT2D eigenvalue weighted by Gasteiger charge is 2.46. The second-order valence-corrected chi connectivity index (χ2v) is 9.56. The number of ketones is 1. The van der Waals surface area contributed by atoms with Crippen LogP contribution in [-0.2, 0) is 22.6 Å². The van der Waals surface area contributed by atoms with Gasteiger partial charge in [-0.3, -0.25) is 14.6 Å². The van der Waals surface area contributed by atoms with Gasteiger partial charge >= 0.3 is 0 Å². The van der Waals surface area contributed by atoms with Gasteiger partial charge < -0.3 is 14.7 Å². The van der Waals surface area contributed by atoms with Gasteiger partial charge in [-0.05, 0) is 59.4 Å². The lowest BCUT2D eigenvalue weighted by atomic mass is 9.92. The molecule has 3 aromatic rings. The van der Waals surface area contributed by atoms with Gasteiger partial charge in [0.2, 0.25) is 0 Å². The molecule has 2 atom stereocenters. The van der Waals surface area contributed by atoms with Crippen molar-refractivity contribution in [3.05, 3.63) is 100 Å². The maximum atomic E-state index is 13.3. The van der Waals surface area contributed by atoms with Gasteiger partial charge in [0.25, 0.3) is 11.7 Å². The second-order valence-electron chi connectivity index (χ2n) is 9.56. The van der Waals surface area contributed by atoms with Crippen LogP contribution in [0.25, 0.3) is 5.76 Å². The summed E-state index contributed by atoms with van der Waals surface area (Å²) >= 11 is 0. The molecule has 0 spiro atoms. The highest BCUT2D eigenvalue weighted by molar-refractivity contribution is 6.46. The first kappa shape index (κ1) is 22.8. The molecule has 35 heavy (non-hydrogen) atoms. The number of nitrogens with zero attached hydrogens (tertiary/aromatic N) is 2. The van der Waals surface area contributed by atoms with Crippen LogP contribution in [0.4, 0.5) is 0 Å². The van der Waals surface area contributed by atoms with Gasteiger partial charge in [0.05, 0.1) is 11.6 Å². The van der Waals surface area contributed by atoms with Crippen molar-refractivity contribution in [2.75, 3.05) is 0 Å². The van der Waals surface area contributed by atoms with Gasteiger partial charge in [0.1, 0.15) is 17.6 Å². The fraction of sp³-hybridized carbons (Fsp3) is 0.276. The molecule has 1 N–H and O–H groups in total. The van der Waals surface area contributed by atoms with E-state index >= 15 is 0 Å². The molecule has 2 unspecified atom stereocenters. The van der Waals surface area contributed by atoms with E-state index in [1.165, 1.54) is 4.90 Å². The Labute approximate surface area is 204 Å². The Morgan fingerprint density at radius 1 is 1.14 bits per heavy atom. The van der Waals surface area contributed by atoms with Gasteiger partial charge in [-0.2, -0.15) is 0 Å². The molecule has 1 aromatic heterocycles. The summed E-state index contributed by atoms with van der Waals surface area (Å²) in [5.74, 6) is -0.355. The molecule has 3 heterocycles. The third-order valence-electron chi connectivity index (χ3n) is 6.70. The number of Topliss-reactive ketones (excluding diaryl/α,β-unsaturated/α-hetero) is 1. The molecule has 5 rings (SSSR count). The third kappa shape index (κ3) is 4.20. The zero-order chi connectivity index (χ0) is 24.7. The molecule has 1 amide bonds. The third-order valence-corrected chi connectivity index (χ3v) is 6.70. The van der Waals surface area contributed by atoms with Crippen LogP contribution in [0, 0.1) is 0 Å². The molecule has 0 radical (unpaired) electrons. The van der Waals surface area contributed by atoms with E-state index in [-0.39, 0.29) is 24.0 Å². The minimum Gasteiger partial charge on any atom is -0.507 e. The zero-order valence-corrected chi connectivity index (χ0v) is 20.1. The van der Waals surface area contributed by atoms with Gasteiger partial charge in [-0.1, -0.05) is 44.2 Å². The quantitative estimate of drug-likeness (QED) is 0.318. The van der Waals surface area contributed by atoms with Gasteiger partial charge in [0, 0.05) is 30.9 Å². The summed E-state index contributed by atoms with van der Waals surface area (Å²) in [7, 11) is 0. The van der Waals surface area contributed by atoms with Crippen LogP contribution >= 0.6 is 0 Å². The highest BCUT2D eigenvalue weighted by atomic mass is 16.5. The summed E-state index contributed by atoms with van der Waals surface area (Å²) in [6.07, 6.45) is 4.14. The minimum atomic E-state index is -0.708. The number of rotatable bonds is 5. The number of pyridine rings is 1. The number of hydrogen-bond donors (Lipinski definition) is 1. The molecule has 0 bridgehead atoms. The van der Waals surface area contributed by atoms with Crippen molar-refractivity contribution in [3.63, 3.8) is 0 Å². The first-order valence-electron chi connectivity index (χ1n) is 11.9. The largest absolute Gasteiger partial charge is 0.507 e. The number of likely N-dealkylation sites (tertiary alicyclic amines) is 1. The monoisotopic (exact) mass is 468 g/mol. The van der Waals surface area contributed by atoms with Crippen molar-refractivity contribution in [3.8, 4) is 5.75 Å². The van der Waals surface area contributed by atoms with E-state index in [4.69, 9.17) is 4.74 Å². The second kappa shape index (κ2) is 9.02. The fourth-order valence-corrected chi connectivity index (χ4v) is 4.87. The molecule has 0 aliphatic carbocycles. The van der Waals surface area contributed by atoms with Gasteiger partial charge in [-0.25, -0.2) is 0 Å². The summed E-state index contributed by atoms with van der Waals surface area (Å²) in [6.45, 7) is 6.43. The average molecular weight is 469 g/mol. The predicted molar refractivity (Wildman–Crippen MR) is 133 cm³/mol. The normalized spacial score (nSPS) is 20.9. The number of benzene rings is 2. The van der Waals surface area contributed by atoms with Crippen molar-refractivity contribution < 1.29 is 19.4 Å². The number of carbonyl (C=O) groups is 2. The SMILES string of the molecule is CC1Cc2cc(/C(O)=C3\C(=O)C(=O)N(Cc4cccnc4)C3c3ccc(C(C)C)cc3)ccc2O1. The van der Waals surface area contributed by atoms with Crippen LogP contribution < -0.4 is 4.74 Å². The molecule has 6 heteroatoms. The number of amides is 1. The van der Waals surface area contributed by atoms with E-state index in [1.807, 2.05) is 49.4 Å². The first-order valence-corrected chi connectivity index (χ1v) is 11.9. The molecular weight excluding hydrogens is 440 g/mol. The average Bonchev–Trinajstić information content (AvgIpc) is 3.35. The topological polar surface area (TPSA) is 79.7 Å². The molecule has 1 fully saturated rings. The van der Waals surface area contributed by atoms with Crippen LogP contribution in [0.2, 0.25) is 0 Å². The number of fused-ring (bicyclic) bond motifs is 1. The van der Waals surface area contributed by atoms with Crippen LogP contribution in [-0.4, -0.2) is 32.8 Å². The van der Waals surface area contributed by atoms with Crippen molar-refractivity contribution in [2.45, 2.75) is 51.8 Å². The maximum absolute atomic E-state index is 13.3. The number of aromatic nitrogens is 1. The molecule has 178 valence electrons. The highest BCUT2D eigenvalue weighted by Crippen LogP contribution is 2.41. The Hall–Kier alpha value is -3.93. The Balaban J connectivity index is 1.62. The van der Waals surface area contributed by atoms with Crippen molar-refractivity contribution in [2.24, 2.45) is 0 Å². The summed E-state index contributed by atoms with van der Waals surface area (Å²) in [6, 6.07) is 16.3. The molecule has 1 saturated heterocycles. The summed E-state index contributed by atoms with van der Waals surface area (Å²) < 4.78 is 5.78. The fourth-order valence-electron chi connectivity index (χ4n) is 4.87. The molecule has 2 aliphatic heterocycles. The smallest absolute Gasteiger partial charge is 0.295 e. The standard InChI is InChI=1S/C29H28N2O4/c1-17(2)20-6-8-21(9-7-20)26-25(27(32)22-10-11-24-23(14-22)13-18(3)35-24)28(33)29(34)31(26)16-19-5-4-12-30-15-19/h4-12,14-15,17-18,26,32H,13,16H2,1-3H3/b27-25+. The van der Waals surface area contributed by atoms with Crippen LogP contribution in [0.5, 0.6) is 5.75 Å². The predicted octanol–water partition coefficient (Wildman–Crippen LogP) is 5.15. The molecule has 2 aliphatic rings. The van der Waals surface area contributed by atoms with Gasteiger partial charge in [0.15, 0.2) is 0 Å². The van der Waals surface area contributed by atoms with E-state index in [9.17, 15) is 14.7 Å². The zero-order valence-electron chi connectivity index (χ0n) is 20.1. The maximum Gasteiger partial charge on any atom is 0.295 e. The van der Waals surface area contributed by atoms with Crippen LogP contribution in [0.15, 0.2) is 72.6 Å². The first-order chi connectivity index (χ1) is 16.8. The lowest BCUT2D eigenvalue weighted by Crippen LogP contribution is -2.29. The number of carbonyl (C=O) groups excluding carboxylic acids is 2. The van der Waals surface area contributed by atoms with Crippen molar-refractivity contribution in [1.29, 1.82) is 0 Å². The van der Waals surface area contributed by atoms with E-state index in [1.54, 1.807) is 24.5 Å². The lowest BCUT2D eigenvalue weighted by Gasteiger charge is -2.25. The Kier molecular flexibility index (Phi) is 5.89. The Bertz CT molecular complexity index is 1310. The van der Waals surface area contributed by atoms with Crippen LogP contribution in [0.1, 0.15) is 60.5 Å². The number of hydrogen-bond acceptors (Lipinski definition) is 5. The Morgan fingerprint density at radius 3 is 2.60 bits per heavy atom. The molecule has 6 nitrogen and oxygen atoms in total. The number of aliphatic hydroxyl groups excluding tert-OH is 1. The Morgan fingerprint density at radius 2 is 1.91 bits per heavy atom. The van der Waals surface area contributed by atoms with Crippen LogP contribution in [0.3, 0.4) is 0 Å². The summed E-state index contributed by atoms with van der Waals surface area (Å²) in [4.78, 5) is 32.2. The van der Waals surface area contributed by atoms with E-state index < -0.39 is 17.7 Å². The number of aliphatic hydroxyl groups is 1. The molecular formula is C29H28N2O4. The van der Waals surface area contributed by atoms with E-state index in [0.29, 0.717) is 11.5 Å². The number of ether oxygens (including phenoxy) is 1. The lowest BCUT2D eigenvalue weighted by molar-refractivity contribution is -0.140. The molecule has 2 aromatic carbocycles. The summed E-state index contributed by atoms with van der Waals surface area (Å²) in [5.41, 5.74) is 4.32. The van der Waals surface area contributed by atoms with E-state index in [0.717, 1.165) is 34.4 Å². The van der Waals surface area contributed by atoms with Crippen molar-refractivity contribution >= 4 is 17.4 Å². The van der Waals surface area contributed by atoms with E-state index in [2.05, 4.69) is 18.8 Å². The van der Waals surface area contributed by atoms with Crippen molar-refractivity contribution in [1.82, 2.24) is 9.88 Å². The van der Waals surface area contributed by atoms with Gasteiger partial charge in [-0.15, -0.1) is 0 Å². The molecule has 0 saturated carbocycles. The minimum absolute atomic E-state index is 0.0620. The summed E-state index contributed by atoms with van der Waals surface area (Å²) in [5, 5.41) is 11.4.